The quantitative estimate of drug-likeness (QED) is 0.755. The predicted molar refractivity (Wildman–Crippen MR) is 85.2 cm³/mol. The molecule has 0 fully saturated rings. The van der Waals surface area contributed by atoms with Gasteiger partial charge in [-0.3, -0.25) is 0 Å². The summed E-state index contributed by atoms with van der Waals surface area (Å²) in [6.07, 6.45) is 0. The Hall–Kier alpha value is -2.79. The van der Waals surface area contributed by atoms with E-state index in [4.69, 9.17) is 19.1 Å². The molecule has 0 radical (unpaired) electrons. The maximum atomic E-state index is 9.09. The first kappa shape index (κ1) is 15.1. The van der Waals surface area contributed by atoms with E-state index in [1.54, 1.807) is 13.2 Å². The minimum atomic E-state index is -0.181. The van der Waals surface area contributed by atoms with Gasteiger partial charge in [-0.15, -0.1) is 0 Å². The van der Waals surface area contributed by atoms with Crippen LogP contribution in [0.4, 0.5) is 0 Å². The summed E-state index contributed by atoms with van der Waals surface area (Å²) < 4.78 is 16.2. The van der Waals surface area contributed by atoms with E-state index in [2.05, 4.69) is 5.16 Å². The van der Waals surface area contributed by atoms with Gasteiger partial charge >= 0.3 is 0 Å². The number of para-hydroxylation sites is 1. The molecule has 0 aliphatic rings. The minimum absolute atomic E-state index is 0.181. The maximum absolute atomic E-state index is 9.09. The van der Waals surface area contributed by atoms with Gasteiger partial charge in [0.05, 0.1) is 7.11 Å². The Balaban J connectivity index is 1.80. The molecule has 118 valence electrons. The van der Waals surface area contributed by atoms with Crippen LogP contribution < -0.4 is 9.47 Å². The molecule has 2 aromatic carbocycles. The molecule has 0 spiro atoms. The fourth-order valence-electron chi connectivity index (χ4n) is 2.24. The third-order valence-electron chi connectivity index (χ3n) is 3.41. The summed E-state index contributed by atoms with van der Waals surface area (Å²) in [7, 11) is 1.64. The van der Waals surface area contributed by atoms with Crippen molar-refractivity contribution < 1.29 is 19.1 Å². The molecule has 5 nitrogen and oxygen atoms in total. The van der Waals surface area contributed by atoms with Gasteiger partial charge in [-0.25, -0.2) is 0 Å². The van der Waals surface area contributed by atoms with Crippen molar-refractivity contribution in [2.75, 3.05) is 7.11 Å². The number of nitrogens with zero attached hydrogens (tertiary/aromatic N) is 1. The van der Waals surface area contributed by atoms with Crippen LogP contribution in [0.15, 0.2) is 59.1 Å². The number of methoxy groups -OCH3 is 1. The highest BCUT2D eigenvalue weighted by molar-refractivity contribution is 5.66. The Kier molecular flexibility index (Phi) is 4.59. The summed E-state index contributed by atoms with van der Waals surface area (Å²) in [5, 5.41) is 13.1. The van der Waals surface area contributed by atoms with E-state index in [1.807, 2.05) is 48.5 Å². The lowest BCUT2D eigenvalue weighted by Crippen LogP contribution is -1.97. The van der Waals surface area contributed by atoms with Crippen LogP contribution in [0.1, 0.15) is 11.3 Å². The molecule has 0 unspecified atom stereocenters. The molecule has 5 heteroatoms. The van der Waals surface area contributed by atoms with Crippen molar-refractivity contribution in [1.82, 2.24) is 5.16 Å². The van der Waals surface area contributed by atoms with Gasteiger partial charge in [0.15, 0.2) is 5.76 Å². The molecule has 1 heterocycles. The summed E-state index contributed by atoms with van der Waals surface area (Å²) in [5.41, 5.74) is 2.46. The lowest BCUT2D eigenvalue weighted by Gasteiger charge is -2.10. The largest absolute Gasteiger partial charge is 0.497 e. The fourth-order valence-corrected chi connectivity index (χ4v) is 2.24. The fraction of sp³-hybridized carbons (Fsp3) is 0.167. The maximum Gasteiger partial charge on any atom is 0.162 e. The molecule has 1 N–H and O–H groups in total. The molecule has 23 heavy (non-hydrogen) atoms. The number of hydrogen-bond donors (Lipinski definition) is 1. The number of rotatable bonds is 6. The topological polar surface area (TPSA) is 64.7 Å². The van der Waals surface area contributed by atoms with Gasteiger partial charge < -0.3 is 19.1 Å². The van der Waals surface area contributed by atoms with Crippen LogP contribution in [0, 0.1) is 0 Å². The number of aliphatic hydroxyl groups is 1. The zero-order valence-corrected chi connectivity index (χ0v) is 12.7. The summed E-state index contributed by atoms with van der Waals surface area (Å²) in [5.74, 6) is 1.92. The highest BCUT2D eigenvalue weighted by Gasteiger charge is 2.11. The smallest absolute Gasteiger partial charge is 0.162 e. The van der Waals surface area contributed by atoms with Crippen LogP contribution in [0.2, 0.25) is 0 Å². The lowest BCUT2D eigenvalue weighted by atomic mass is 10.1. The van der Waals surface area contributed by atoms with Gasteiger partial charge in [0.1, 0.15) is 30.4 Å². The first-order valence-corrected chi connectivity index (χ1v) is 7.21. The molecule has 0 amide bonds. The number of aliphatic hydroxyl groups excluding tert-OH is 1. The molecule has 0 saturated heterocycles. The van der Waals surface area contributed by atoms with E-state index in [9.17, 15) is 0 Å². The van der Waals surface area contributed by atoms with E-state index in [-0.39, 0.29) is 6.61 Å². The molecule has 3 aromatic rings. The van der Waals surface area contributed by atoms with E-state index in [0.29, 0.717) is 23.8 Å². The van der Waals surface area contributed by atoms with Crippen molar-refractivity contribution in [3.63, 3.8) is 0 Å². The van der Waals surface area contributed by atoms with Gasteiger partial charge in [0.2, 0.25) is 0 Å². The summed E-state index contributed by atoms with van der Waals surface area (Å²) in [4.78, 5) is 0. The minimum Gasteiger partial charge on any atom is -0.497 e. The zero-order chi connectivity index (χ0) is 16.1. The molecule has 3 rings (SSSR count). The van der Waals surface area contributed by atoms with Crippen LogP contribution in [-0.2, 0) is 13.2 Å². The average Bonchev–Trinajstić information content (AvgIpc) is 3.09. The van der Waals surface area contributed by atoms with Gasteiger partial charge in [-0.05, 0) is 29.8 Å². The molecule has 0 saturated carbocycles. The van der Waals surface area contributed by atoms with Gasteiger partial charge in [-0.1, -0.05) is 29.4 Å². The van der Waals surface area contributed by atoms with Crippen molar-refractivity contribution in [2.24, 2.45) is 0 Å². The first-order chi connectivity index (χ1) is 11.3. The Morgan fingerprint density at radius 3 is 2.74 bits per heavy atom. The van der Waals surface area contributed by atoms with Crippen molar-refractivity contribution in [2.45, 2.75) is 13.2 Å². The van der Waals surface area contributed by atoms with Crippen molar-refractivity contribution in [1.29, 1.82) is 0 Å². The summed E-state index contributed by atoms with van der Waals surface area (Å²) in [6, 6.07) is 17.0. The SMILES string of the molecule is COc1cccc(COc2ccccc2-c2cc(CO)on2)c1. The van der Waals surface area contributed by atoms with Gasteiger partial charge in [0, 0.05) is 11.6 Å². The van der Waals surface area contributed by atoms with Crippen LogP contribution in [0.5, 0.6) is 11.5 Å². The Morgan fingerprint density at radius 1 is 1.09 bits per heavy atom. The van der Waals surface area contributed by atoms with Crippen molar-refractivity contribution >= 4 is 0 Å². The van der Waals surface area contributed by atoms with Crippen molar-refractivity contribution in [3.8, 4) is 22.8 Å². The zero-order valence-electron chi connectivity index (χ0n) is 12.7. The van der Waals surface area contributed by atoms with E-state index >= 15 is 0 Å². The van der Waals surface area contributed by atoms with Gasteiger partial charge in [0.25, 0.3) is 0 Å². The number of hydrogen-bond acceptors (Lipinski definition) is 5. The van der Waals surface area contributed by atoms with E-state index in [1.165, 1.54) is 0 Å². The Morgan fingerprint density at radius 2 is 1.96 bits per heavy atom. The third kappa shape index (κ3) is 3.52. The third-order valence-corrected chi connectivity index (χ3v) is 3.41. The summed E-state index contributed by atoms with van der Waals surface area (Å²) >= 11 is 0. The second-order valence-electron chi connectivity index (χ2n) is 4.97. The second-order valence-corrected chi connectivity index (χ2v) is 4.97. The highest BCUT2D eigenvalue weighted by atomic mass is 16.5. The number of ether oxygens (including phenoxy) is 2. The first-order valence-electron chi connectivity index (χ1n) is 7.21. The van der Waals surface area contributed by atoms with Crippen LogP contribution in [0.25, 0.3) is 11.3 Å². The molecule has 0 bridgehead atoms. The average molecular weight is 311 g/mol. The summed E-state index contributed by atoms with van der Waals surface area (Å²) in [6.45, 7) is 0.235. The second kappa shape index (κ2) is 6.98. The van der Waals surface area contributed by atoms with E-state index in [0.717, 1.165) is 16.9 Å². The standard InChI is InChI=1S/C18H17NO4/c1-21-14-6-4-5-13(9-14)12-22-18-8-3-2-7-16(18)17-10-15(11-20)23-19-17/h2-10,20H,11-12H2,1H3. The monoisotopic (exact) mass is 311 g/mol. The molecule has 0 atom stereocenters. The predicted octanol–water partition coefficient (Wildman–Crippen LogP) is 3.42. The molecular weight excluding hydrogens is 294 g/mol. The Labute approximate surface area is 134 Å². The van der Waals surface area contributed by atoms with Gasteiger partial charge in [-0.2, -0.15) is 0 Å². The molecule has 0 aliphatic carbocycles. The van der Waals surface area contributed by atoms with E-state index < -0.39 is 0 Å². The lowest BCUT2D eigenvalue weighted by molar-refractivity contribution is 0.229. The molecule has 0 aliphatic heterocycles. The van der Waals surface area contributed by atoms with Crippen LogP contribution in [0.3, 0.4) is 0 Å². The van der Waals surface area contributed by atoms with Crippen molar-refractivity contribution in [3.05, 3.63) is 65.9 Å². The normalized spacial score (nSPS) is 10.5. The highest BCUT2D eigenvalue weighted by Crippen LogP contribution is 2.30. The molecular formula is C18H17NO4. The van der Waals surface area contributed by atoms with Crippen LogP contribution in [-0.4, -0.2) is 17.4 Å². The van der Waals surface area contributed by atoms with Crippen LogP contribution >= 0.6 is 0 Å². The number of aromatic nitrogens is 1. The molecule has 1 aromatic heterocycles. The number of benzene rings is 2. The Bertz CT molecular complexity index is 782.